The molecule has 0 aromatic carbocycles. The van der Waals surface area contributed by atoms with E-state index >= 15 is 0 Å². The summed E-state index contributed by atoms with van der Waals surface area (Å²) >= 11 is 0. The van der Waals surface area contributed by atoms with Crippen molar-refractivity contribution >= 4 is 0 Å². The SMILES string of the molecule is CCCCCCCC[NH2+]CCCCCCCC.CCCCCC[NH2+]CCCCCC.O=[N+]([O-])[O-].O=[N+]([O-])[O-]. The lowest BCUT2D eigenvalue weighted by Crippen LogP contribution is -2.84. The highest BCUT2D eigenvalue weighted by Crippen LogP contribution is 2.04. The first kappa shape index (κ1) is 43.4. The van der Waals surface area contributed by atoms with Crippen molar-refractivity contribution in [1.82, 2.24) is 0 Å². The Kier molecular flexibility index (Phi) is 51.7. The molecule has 0 radical (unpaired) electrons. The summed E-state index contributed by atoms with van der Waals surface area (Å²) < 4.78 is 0. The number of unbranched alkanes of at least 4 members (excludes halogenated alkanes) is 16. The Labute approximate surface area is 234 Å². The fourth-order valence-electron chi connectivity index (χ4n) is 3.86. The molecule has 0 spiro atoms. The average Bonchev–Trinajstić information content (AvgIpc) is 2.86. The molecule has 0 unspecified atom stereocenters. The van der Waals surface area contributed by atoms with E-state index in [9.17, 15) is 0 Å². The van der Waals surface area contributed by atoms with Crippen molar-refractivity contribution in [3.63, 3.8) is 0 Å². The van der Waals surface area contributed by atoms with Gasteiger partial charge < -0.3 is 41.3 Å². The summed E-state index contributed by atoms with van der Waals surface area (Å²) in [7, 11) is 0. The fourth-order valence-corrected chi connectivity index (χ4v) is 3.86. The zero-order chi connectivity index (χ0) is 29.5. The van der Waals surface area contributed by atoms with Crippen molar-refractivity contribution in [1.29, 1.82) is 0 Å². The van der Waals surface area contributed by atoms with Crippen LogP contribution in [0.25, 0.3) is 0 Å². The zero-order valence-corrected chi connectivity index (χ0v) is 25.5. The highest BCUT2D eigenvalue weighted by molar-refractivity contribution is 4.44. The van der Waals surface area contributed by atoms with Gasteiger partial charge in [-0.2, -0.15) is 0 Å². The first-order valence-electron chi connectivity index (χ1n) is 15.6. The van der Waals surface area contributed by atoms with Crippen molar-refractivity contribution in [2.24, 2.45) is 0 Å². The zero-order valence-electron chi connectivity index (χ0n) is 25.5. The van der Waals surface area contributed by atoms with Crippen LogP contribution in [0.4, 0.5) is 0 Å². The summed E-state index contributed by atoms with van der Waals surface area (Å²) in [5.41, 5.74) is 0. The molecule has 4 N–H and O–H groups in total. The molecule has 0 fully saturated rings. The predicted octanol–water partition coefficient (Wildman–Crippen LogP) is 6.50. The maximum atomic E-state index is 8.25. The molecular weight excluding hydrogens is 488 g/mol. The van der Waals surface area contributed by atoms with Crippen LogP contribution in [0.15, 0.2) is 0 Å². The Balaban J connectivity index is -0.000000241. The lowest BCUT2D eigenvalue weighted by molar-refractivity contribution is -0.655. The van der Waals surface area contributed by atoms with E-state index in [-0.39, 0.29) is 0 Å². The van der Waals surface area contributed by atoms with Crippen LogP contribution in [0.5, 0.6) is 0 Å². The van der Waals surface area contributed by atoms with E-state index in [1.165, 1.54) is 155 Å². The molecular formula is C28H64N4O6. The number of rotatable bonds is 24. The molecule has 0 atom stereocenters. The second-order valence-electron chi connectivity index (χ2n) is 9.84. The van der Waals surface area contributed by atoms with E-state index in [4.69, 9.17) is 30.6 Å². The maximum absolute atomic E-state index is 8.25. The van der Waals surface area contributed by atoms with Crippen molar-refractivity contribution in [3.8, 4) is 0 Å². The molecule has 0 saturated carbocycles. The Hall–Kier alpha value is -1.68. The summed E-state index contributed by atoms with van der Waals surface area (Å²) in [5.74, 6) is 0. The van der Waals surface area contributed by atoms with Crippen LogP contribution in [0.1, 0.15) is 156 Å². The van der Waals surface area contributed by atoms with Crippen LogP contribution in [0.3, 0.4) is 0 Å². The molecule has 0 aromatic rings. The van der Waals surface area contributed by atoms with E-state index in [0.717, 1.165) is 0 Å². The van der Waals surface area contributed by atoms with Gasteiger partial charge in [0.2, 0.25) is 0 Å². The van der Waals surface area contributed by atoms with Gasteiger partial charge in [0.15, 0.2) is 0 Å². The Morgan fingerprint density at radius 2 is 0.526 bits per heavy atom. The van der Waals surface area contributed by atoms with Crippen molar-refractivity contribution in [2.75, 3.05) is 26.2 Å². The standard InChI is InChI=1S/C16H35N.C12H27N.2NO3/c1-3-5-7-9-11-13-15-17-16-14-12-10-8-6-4-2;1-3-5-7-9-11-13-12-10-8-6-4-2;2*2-1(3)4/h17H,3-16H2,1-2H3;13H,3-12H2,1-2H3;;/q;;2*-1/p+2. The highest BCUT2D eigenvalue weighted by Gasteiger charge is 1.94. The predicted molar refractivity (Wildman–Crippen MR) is 159 cm³/mol. The molecule has 0 saturated heterocycles. The van der Waals surface area contributed by atoms with Gasteiger partial charge in [-0.1, -0.05) is 105 Å². The fraction of sp³-hybridized carbons (Fsp3) is 1.00. The van der Waals surface area contributed by atoms with Crippen LogP contribution >= 0.6 is 0 Å². The summed E-state index contributed by atoms with van der Waals surface area (Å²) in [6.45, 7) is 14.5. The van der Waals surface area contributed by atoms with E-state index in [2.05, 4.69) is 38.3 Å². The maximum Gasteiger partial charge on any atom is 0.0755 e. The normalized spacial score (nSPS) is 9.79. The minimum Gasteiger partial charge on any atom is -0.356 e. The molecule has 38 heavy (non-hydrogen) atoms. The molecule has 0 aliphatic carbocycles. The van der Waals surface area contributed by atoms with Crippen LogP contribution in [0.2, 0.25) is 0 Å². The summed E-state index contributed by atoms with van der Waals surface area (Å²) in [6, 6.07) is 0. The molecule has 232 valence electrons. The molecule has 0 rings (SSSR count). The van der Waals surface area contributed by atoms with Gasteiger partial charge in [-0.05, 0) is 51.4 Å². The third-order valence-electron chi connectivity index (χ3n) is 6.05. The summed E-state index contributed by atoms with van der Waals surface area (Å²) in [5, 5.41) is 34.5. The van der Waals surface area contributed by atoms with Crippen LogP contribution in [-0.4, -0.2) is 36.4 Å². The smallest absolute Gasteiger partial charge is 0.0755 e. The van der Waals surface area contributed by atoms with Gasteiger partial charge in [-0.3, -0.25) is 0 Å². The average molecular weight is 553 g/mol. The third kappa shape index (κ3) is 76.5. The molecule has 10 heteroatoms. The number of hydrogen-bond donors (Lipinski definition) is 2. The van der Waals surface area contributed by atoms with Gasteiger partial charge in [0, 0.05) is 0 Å². The third-order valence-corrected chi connectivity index (χ3v) is 6.05. The van der Waals surface area contributed by atoms with Gasteiger partial charge >= 0.3 is 0 Å². The Bertz CT molecular complexity index is 388. The van der Waals surface area contributed by atoms with Crippen molar-refractivity contribution in [2.45, 2.75) is 156 Å². The number of nitrogens with two attached hydrogens (primary N) is 2. The minimum absolute atomic E-state index is 1.35. The van der Waals surface area contributed by atoms with Gasteiger partial charge in [0.1, 0.15) is 0 Å². The summed E-state index contributed by atoms with van der Waals surface area (Å²) in [6.07, 6.45) is 28.4. The second-order valence-corrected chi connectivity index (χ2v) is 9.84. The number of quaternary nitrogens is 2. The topological polar surface area (TPSA) is 166 Å². The Morgan fingerprint density at radius 3 is 0.737 bits per heavy atom. The lowest BCUT2D eigenvalue weighted by Gasteiger charge is -2.02. The monoisotopic (exact) mass is 552 g/mol. The quantitative estimate of drug-likeness (QED) is 0.0787. The van der Waals surface area contributed by atoms with E-state index in [1.54, 1.807) is 0 Å². The molecule has 0 aromatic heterocycles. The van der Waals surface area contributed by atoms with Crippen LogP contribution in [0, 0.1) is 30.6 Å². The summed E-state index contributed by atoms with van der Waals surface area (Å²) in [4.78, 5) is 16.5. The van der Waals surface area contributed by atoms with Crippen molar-refractivity contribution in [3.05, 3.63) is 30.6 Å². The largest absolute Gasteiger partial charge is 0.356 e. The molecule has 0 heterocycles. The number of hydrogen-bond acceptors (Lipinski definition) is 6. The van der Waals surface area contributed by atoms with Gasteiger partial charge in [-0.25, -0.2) is 0 Å². The van der Waals surface area contributed by atoms with Crippen LogP contribution in [-0.2, 0) is 0 Å². The minimum atomic E-state index is -1.75. The van der Waals surface area contributed by atoms with Gasteiger partial charge in [0.25, 0.3) is 0 Å². The molecule has 0 aliphatic heterocycles. The second kappa shape index (κ2) is 45.3. The van der Waals surface area contributed by atoms with Crippen molar-refractivity contribution < 1.29 is 20.8 Å². The molecule has 0 amide bonds. The van der Waals surface area contributed by atoms with Crippen LogP contribution < -0.4 is 10.6 Å². The molecule has 0 bridgehead atoms. The molecule has 10 nitrogen and oxygen atoms in total. The first-order valence-corrected chi connectivity index (χ1v) is 15.6. The Morgan fingerprint density at radius 1 is 0.368 bits per heavy atom. The highest BCUT2D eigenvalue weighted by atomic mass is 16.9. The lowest BCUT2D eigenvalue weighted by atomic mass is 10.1. The molecule has 0 aliphatic rings. The van der Waals surface area contributed by atoms with Gasteiger partial charge in [0.05, 0.1) is 36.4 Å². The first-order chi connectivity index (χ1) is 18.3. The van der Waals surface area contributed by atoms with E-state index in [0.29, 0.717) is 0 Å². The van der Waals surface area contributed by atoms with E-state index in [1.807, 2.05) is 0 Å². The van der Waals surface area contributed by atoms with E-state index < -0.39 is 10.2 Å². The number of nitrogens with zero attached hydrogens (tertiary/aromatic N) is 2. The van der Waals surface area contributed by atoms with Gasteiger partial charge in [-0.15, -0.1) is 0 Å².